The van der Waals surface area contributed by atoms with Crippen LogP contribution in [0.1, 0.15) is 0 Å². The van der Waals surface area contributed by atoms with E-state index in [1.165, 1.54) is 6.33 Å². The van der Waals surface area contributed by atoms with Crippen LogP contribution < -0.4 is 10.5 Å². The molecule has 2 heterocycles. The van der Waals surface area contributed by atoms with Crippen molar-refractivity contribution in [2.75, 3.05) is 12.3 Å². The van der Waals surface area contributed by atoms with E-state index in [-0.39, 0.29) is 5.82 Å². The quantitative estimate of drug-likeness (QED) is 0.829. The average Bonchev–Trinajstić information content (AvgIpc) is 2.97. The molecule has 0 amide bonds. The van der Waals surface area contributed by atoms with E-state index >= 15 is 0 Å². The second kappa shape index (κ2) is 5.89. The van der Waals surface area contributed by atoms with Crippen molar-refractivity contribution in [3.63, 3.8) is 0 Å². The Bertz CT molecular complexity index is 660. The summed E-state index contributed by atoms with van der Waals surface area (Å²) in [7, 11) is 0. The van der Waals surface area contributed by atoms with E-state index in [0.29, 0.717) is 0 Å². The van der Waals surface area contributed by atoms with Gasteiger partial charge in [-0.25, -0.2) is 14.1 Å². The minimum atomic E-state index is -5.72. The van der Waals surface area contributed by atoms with Crippen LogP contribution in [0, 0.1) is 0 Å². The van der Waals surface area contributed by atoms with E-state index in [9.17, 15) is 26.3 Å². The summed E-state index contributed by atoms with van der Waals surface area (Å²) in [6.45, 7) is -1.89. The lowest BCUT2D eigenvalue weighted by atomic mass is 10.2. The van der Waals surface area contributed by atoms with Crippen molar-refractivity contribution in [3.05, 3.63) is 18.7 Å². The Labute approximate surface area is 124 Å². The van der Waals surface area contributed by atoms with Crippen LogP contribution in [0.5, 0.6) is 5.88 Å². The molecule has 0 fully saturated rings. The number of alkyl halides is 6. The summed E-state index contributed by atoms with van der Waals surface area (Å²) < 4.78 is 80.6. The Hall–Kier alpha value is -2.60. The van der Waals surface area contributed by atoms with Crippen LogP contribution in [0.15, 0.2) is 18.7 Å². The number of nitrogen functional groups attached to an aromatic ring is 1. The minimum Gasteiger partial charge on any atom is -0.471 e. The number of hydrogen-bond donors (Lipinski definition) is 1. The number of rotatable bonds is 5. The summed E-state index contributed by atoms with van der Waals surface area (Å²) in [6.07, 6.45) is -7.75. The van der Waals surface area contributed by atoms with Gasteiger partial charge < -0.3 is 10.5 Å². The van der Waals surface area contributed by atoms with Crippen LogP contribution >= 0.6 is 0 Å². The molecule has 0 spiro atoms. The Balaban J connectivity index is 2.15. The van der Waals surface area contributed by atoms with Crippen molar-refractivity contribution in [2.24, 2.45) is 0 Å². The van der Waals surface area contributed by atoms with Crippen LogP contribution in [0.25, 0.3) is 5.82 Å². The van der Waals surface area contributed by atoms with Gasteiger partial charge in [-0.15, -0.1) is 0 Å². The van der Waals surface area contributed by atoms with Crippen LogP contribution in [0.2, 0.25) is 0 Å². The van der Waals surface area contributed by atoms with Gasteiger partial charge in [0.15, 0.2) is 12.4 Å². The highest BCUT2D eigenvalue weighted by Crippen LogP contribution is 2.35. The number of ether oxygens (including phenoxy) is 1. The Morgan fingerprint density at radius 1 is 1.22 bits per heavy atom. The maximum atomic E-state index is 13.2. The Morgan fingerprint density at radius 2 is 1.91 bits per heavy atom. The molecule has 0 saturated carbocycles. The second-order valence-electron chi connectivity index (χ2n) is 4.22. The van der Waals surface area contributed by atoms with Crippen molar-refractivity contribution < 1.29 is 31.1 Å². The smallest absolute Gasteiger partial charge is 0.425 e. The molecule has 7 nitrogen and oxygen atoms in total. The summed E-state index contributed by atoms with van der Waals surface area (Å²) >= 11 is 0. The Kier molecular flexibility index (Phi) is 4.29. The molecule has 0 aromatic carbocycles. The molecular formula is C10H8F6N6O. The molecule has 0 bridgehead atoms. The SMILES string of the molecule is Nc1nc(OCC(F)(F)C(F)C(F)(F)F)cc(-n2cncn2)n1. The molecule has 2 aromatic rings. The van der Waals surface area contributed by atoms with E-state index in [1.54, 1.807) is 0 Å². The number of aromatic nitrogens is 5. The third kappa shape index (κ3) is 3.98. The van der Waals surface area contributed by atoms with Crippen molar-refractivity contribution in [3.8, 4) is 11.7 Å². The van der Waals surface area contributed by atoms with Gasteiger partial charge in [-0.2, -0.15) is 37.0 Å². The van der Waals surface area contributed by atoms with E-state index in [1.807, 2.05) is 0 Å². The second-order valence-corrected chi connectivity index (χ2v) is 4.22. The largest absolute Gasteiger partial charge is 0.471 e. The van der Waals surface area contributed by atoms with E-state index in [2.05, 4.69) is 24.8 Å². The van der Waals surface area contributed by atoms with Gasteiger partial charge >= 0.3 is 12.1 Å². The zero-order valence-corrected chi connectivity index (χ0v) is 11.0. The fourth-order valence-corrected chi connectivity index (χ4v) is 1.43. The molecule has 2 rings (SSSR count). The number of nitrogens with two attached hydrogens (primary N) is 1. The first kappa shape index (κ1) is 16.8. The number of halogens is 6. The fraction of sp³-hybridized carbons (Fsp3) is 0.400. The van der Waals surface area contributed by atoms with E-state index in [4.69, 9.17) is 5.73 Å². The molecule has 13 heteroatoms. The summed E-state index contributed by atoms with van der Waals surface area (Å²) in [5.74, 6) is -5.81. The van der Waals surface area contributed by atoms with Gasteiger partial charge in [-0.1, -0.05) is 0 Å². The summed E-state index contributed by atoms with van der Waals surface area (Å²) in [5, 5.41) is 3.69. The predicted octanol–water partition coefficient (Wildman–Crippen LogP) is 1.55. The van der Waals surface area contributed by atoms with Crippen molar-refractivity contribution >= 4 is 5.95 Å². The van der Waals surface area contributed by atoms with Gasteiger partial charge in [0.2, 0.25) is 11.8 Å². The normalized spacial score (nSPS) is 13.8. The van der Waals surface area contributed by atoms with Crippen molar-refractivity contribution in [1.82, 2.24) is 24.7 Å². The minimum absolute atomic E-state index is 0.0269. The fourth-order valence-electron chi connectivity index (χ4n) is 1.43. The average molecular weight is 342 g/mol. The van der Waals surface area contributed by atoms with E-state index < -0.39 is 36.7 Å². The lowest BCUT2D eigenvalue weighted by molar-refractivity contribution is -0.250. The lowest BCUT2D eigenvalue weighted by Gasteiger charge is -2.22. The molecule has 23 heavy (non-hydrogen) atoms. The topological polar surface area (TPSA) is 91.7 Å². The zero-order chi connectivity index (χ0) is 17.3. The molecule has 126 valence electrons. The molecule has 2 aromatic heterocycles. The maximum Gasteiger partial charge on any atom is 0.425 e. The lowest BCUT2D eigenvalue weighted by Crippen LogP contribution is -2.45. The number of anilines is 1. The highest BCUT2D eigenvalue weighted by Gasteiger charge is 2.57. The first-order chi connectivity index (χ1) is 10.6. The molecule has 1 atom stereocenters. The maximum absolute atomic E-state index is 13.2. The third-order valence-corrected chi connectivity index (χ3v) is 2.43. The number of hydrogen-bond acceptors (Lipinski definition) is 6. The zero-order valence-electron chi connectivity index (χ0n) is 11.0. The predicted molar refractivity (Wildman–Crippen MR) is 62.8 cm³/mol. The van der Waals surface area contributed by atoms with Crippen LogP contribution in [0.3, 0.4) is 0 Å². The highest BCUT2D eigenvalue weighted by atomic mass is 19.4. The molecule has 0 radical (unpaired) electrons. The molecule has 0 aliphatic rings. The van der Waals surface area contributed by atoms with Crippen molar-refractivity contribution in [1.29, 1.82) is 0 Å². The first-order valence-corrected chi connectivity index (χ1v) is 5.80. The molecule has 1 unspecified atom stereocenters. The monoisotopic (exact) mass is 342 g/mol. The van der Waals surface area contributed by atoms with Gasteiger partial charge in [-0.05, 0) is 0 Å². The molecule has 0 aliphatic heterocycles. The standard InChI is InChI=1S/C10H8F6N6O/c11-7(10(14,15)16)9(12,13)2-23-6-1-5(20-8(17)21-6)22-4-18-3-19-22/h1,3-4,7H,2H2,(H2,17,20,21). The summed E-state index contributed by atoms with van der Waals surface area (Å²) in [6, 6.07) is 0.974. The first-order valence-electron chi connectivity index (χ1n) is 5.80. The molecular weight excluding hydrogens is 334 g/mol. The van der Waals surface area contributed by atoms with Crippen LogP contribution in [0.4, 0.5) is 32.3 Å². The van der Waals surface area contributed by atoms with Gasteiger partial charge in [0, 0.05) is 6.07 Å². The highest BCUT2D eigenvalue weighted by molar-refractivity contribution is 5.33. The molecule has 0 aliphatic carbocycles. The van der Waals surface area contributed by atoms with Gasteiger partial charge in [0.1, 0.15) is 12.7 Å². The van der Waals surface area contributed by atoms with Crippen LogP contribution in [-0.2, 0) is 0 Å². The number of nitrogens with zero attached hydrogens (tertiary/aromatic N) is 5. The van der Waals surface area contributed by atoms with Crippen molar-refractivity contribution in [2.45, 2.75) is 18.3 Å². The molecule has 2 N–H and O–H groups in total. The van der Waals surface area contributed by atoms with E-state index in [0.717, 1.165) is 17.1 Å². The Morgan fingerprint density at radius 3 is 2.48 bits per heavy atom. The van der Waals surface area contributed by atoms with Gasteiger partial charge in [-0.3, -0.25) is 0 Å². The van der Waals surface area contributed by atoms with Gasteiger partial charge in [0.25, 0.3) is 6.17 Å². The molecule has 0 saturated heterocycles. The summed E-state index contributed by atoms with van der Waals surface area (Å²) in [4.78, 5) is 10.7. The third-order valence-electron chi connectivity index (χ3n) is 2.43. The van der Waals surface area contributed by atoms with Gasteiger partial charge in [0.05, 0.1) is 0 Å². The summed E-state index contributed by atoms with van der Waals surface area (Å²) in [5.41, 5.74) is 5.33. The van der Waals surface area contributed by atoms with Crippen LogP contribution in [-0.4, -0.2) is 49.6 Å².